The number of phenolic OH excluding ortho intramolecular Hbond substituents is 1. The number of carbonyl (C=O) groups excluding carboxylic acids is 2. The molecule has 0 bridgehead atoms. The van der Waals surface area contributed by atoms with E-state index in [1.165, 1.54) is 30.6 Å². The summed E-state index contributed by atoms with van der Waals surface area (Å²) >= 11 is 1.26. The number of methoxy groups -OCH3 is 1. The van der Waals surface area contributed by atoms with Gasteiger partial charge in [-0.15, -0.1) is 11.3 Å². The Balaban J connectivity index is 1.52. The quantitative estimate of drug-likeness (QED) is 0.691. The molecule has 156 valence electrons. The number of ether oxygens (including phenoxy) is 1. The van der Waals surface area contributed by atoms with Crippen molar-refractivity contribution in [3.05, 3.63) is 64.3 Å². The van der Waals surface area contributed by atoms with Crippen molar-refractivity contribution < 1.29 is 23.8 Å². The van der Waals surface area contributed by atoms with Crippen LogP contribution in [-0.2, 0) is 11.3 Å². The zero-order chi connectivity index (χ0) is 21.3. The molecule has 1 aliphatic heterocycles. The highest BCUT2D eigenvalue weighted by Crippen LogP contribution is 2.34. The van der Waals surface area contributed by atoms with Crippen LogP contribution in [0.1, 0.15) is 25.6 Å². The number of halogens is 1. The third kappa shape index (κ3) is 3.64. The van der Waals surface area contributed by atoms with E-state index in [9.17, 15) is 19.1 Å². The predicted molar refractivity (Wildman–Crippen MR) is 112 cm³/mol. The maximum atomic E-state index is 14.4. The van der Waals surface area contributed by atoms with E-state index in [0.717, 1.165) is 0 Å². The first-order valence-corrected chi connectivity index (χ1v) is 10.4. The lowest BCUT2D eigenvalue weighted by molar-refractivity contribution is 0.0534. The first kappa shape index (κ1) is 20.3. The second-order valence-corrected chi connectivity index (χ2v) is 8.11. The van der Waals surface area contributed by atoms with Gasteiger partial charge in [-0.05, 0) is 24.3 Å². The van der Waals surface area contributed by atoms with Gasteiger partial charge in [-0.2, -0.15) is 0 Å². The molecule has 0 spiro atoms. The van der Waals surface area contributed by atoms with Gasteiger partial charge in [-0.25, -0.2) is 4.39 Å². The molecule has 1 saturated heterocycles. The molecule has 1 fully saturated rings. The Bertz CT molecular complexity index is 1110. The molecule has 0 atom stereocenters. The summed E-state index contributed by atoms with van der Waals surface area (Å²) in [4.78, 5) is 29.6. The van der Waals surface area contributed by atoms with Gasteiger partial charge in [0.1, 0.15) is 11.6 Å². The fourth-order valence-electron chi connectivity index (χ4n) is 3.70. The SMILES string of the molecule is COCc1c(C(=O)N2CCN(C(=O)c3ccccc3O)CC2)sc2cccc(F)c12. The number of phenols is 1. The Labute approximate surface area is 177 Å². The molecule has 0 aliphatic carbocycles. The molecule has 0 radical (unpaired) electrons. The zero-order valence-electron chi connectivity index (χ0n) is 16.4. The van der Waals surface area contributed by atoms with Gasteiger partial charge in [0.25, 0.3) is 11.8 Å². The molecule has 1 aliphatic rings. The summed E-state index contributed by atoms with van der Waals surface area (Å²) in [5.41, 5.74) is 0.813. The standard InChI is InChI=1S/C22H21FN2O4S/c1-29-13-15-19-16(23)6-4-8-18(19)30-20(15)22(28)25-11-9-24(10-12-25)21(27)14-5-2-3-7-17(14)26/h2-8,26H,9-13H2,1H3. The number of benzene rings is 2. The molecule has 3 aromatic rings. The number of nitrogens with zero attached hydrogens (tertiary/aromatic N) is 2. The van der Waals surface area contributed by atoms with Crippen molar-refractivity contribution in [1.29, 1.82) is 0 Å². The van der Waals surface area contributed by atoms with E-state index in [0.29, 0.717) is 46.7 Å². The number of para-hydroxylation sites is 1. The van der Waals surface area contributed by atoms with E-state index in [1.54, 1.807) is 40.1 Å². The minimum absolute atomic E-state index is 0.0579. The number of carbonyl (C=O) groups is 2. The molecule has 6 nitrogen and oxygen atoms in total. The van der Waals surface area contributed by atoms with Gasteiger partial charge in [-0.1, -0.05) is 18.2 Å². The maximum Gasteiger partial charge on any atom is 0.264 e. The summed E-state index contributed by atoms with van der Waals surface area (Å²) in [7, 11) is 1.52. The van der Waals surface area contributed by atoms with Crippen molar-refractivity contribution in [2.45, 2.75) is 6.61 Å². The first-order valence-electron chi connectivity index (χ1n) is 9.56. The minimum Gasteiger partial charge on any atom is -0.507 e. The second-order valence-electron chi connectivity index (χ2n) is 7.06. The molecular formula is C22H21FN2O4S. The number of amides is 2. The smallest absolute Gasteiger partial charge is 0.264 e. The highest BCUT2D eigenvalue weighted by molar-refractivity contribution is 7.21. The number of thiophene rings is 1. The van der Waals surface area contributed by atoms with E-state index in [2.05, 4.69) is 0 Å². The largest absolute Gasteiger partial charge is 0.507 e. The average Bonchev–Trinajstić information content (AvgIpc) is 3.13. The van der Waals surface area contributed by atoms with E-state index < -0.39 is 0 Å². The molecular weight excluding hydrogens is 407 g/mol. The van der Waals surface area contributed by atoms with E-state index >= 15 is 0 Å². The lowest BCUT2D eigenvalue weighted by atomic mass is 10.1. The number of hydrogen-bond donors (Lipinski definition) is 1. The Morgan fingerprint density at radius 3 is 2.37 bits per heavy atom. The number of aromatic hydroxyl groups is 1. The Kier molecular flexibility index (Phi) is 5.69. The van der Waals surface area contributed by atoms with Crippen LogP contribution in [0.25, 0.3) is 10.1 Å². The third-order valence-electron chi connectivity index (χ3n) is 5.23. The summed E-state index contributed by atoms with van der Waals surface area (Å²) < 4.78 is 20.3. The maximum absolute atomic E-state index is 14.4. The average molecular weight is 428 g/mol. The van der Waals surface area contributed by atoms with E-state index in [-0.39, 0.29) is 35.6 Å². The second kappa shape index (κ2) is 8.41. The van der Waals surface area contributed by atoms with Crippen LogP contribution in [0.3, 0.4) is 0 Å². The van der Waals surface area contributed by atoms with Gasteiger partial charge in [0, 0.05) is 48.9 Å². The van der Waals surface area contributed by atoms with Crippen LogP contribution in [0.2, 0.25) is 0 Å². The first-order chi connectivity index (χ1) is 14.5. The lowest BCUT2D eigenvalue weighted by Crippen LogP contribution is -2.50. The van der Waals surface area contributed by atoms with Gasteiger partial charge in [-0.3, -0.25) is 9.59 Å². The molecule has 8 heteroatoms. The number of rotatable bonds is 4. The number of fused-ring (bicyclic) bond motifs is 1. The van der Waals surface area contributed by atoms with Crippen molar-refractivity contribution in [2.75, 3.05) is 33.3 Å². The Morgan fingerprint density at radius 2 is 1.70 bits per heavy atom. The summed E-state index contributed by atoms with van der Waals surface area (Å²) in [5.74, 6) is -0.869. The Hall–Kier alpha value is -2.97. The van der Waals surface area contributed by atoms with Crippen molar-refractivity contribution in [3.63, 3.8) is 0 Å². The molecule has 1 N–H and O–H groups in total. The van der Waals surface area contributed by atoms with Crippen molar-refractivity contribution in [3.8, 4) is 5.75 Å². The highest BCUT2D eigenvalue weighted by Gasteiger charge is 2.29. The van der Waals surface area contributed by atoms with Crippen LogP contribution in [0.15, 0.2) is 42.5 Å². The fourth-order valence-corrected chi connectivity index (χ4v) is 4.89. The van der Waals surface area contributed by atoms with E-state index in [4.69, 9.17) is 4.74 Å². The molecule has 4 rings (SSSR count). The summed E-state index contributed by atoms with van der Waals surface area (Å²) in [5, 5.41) is 10.4. The fraction of sp³-hybridized carbons (Fsp3) is 0.273. The van der Waals surface area contributed by atoms with Crippen molar-refractivity contribution >= 4 is 33.2 Å². The van der Waals surface area contributed by atoms with Crippen LogP contribution in [-0.4, -0.2) is 60.0 Å². The minimum atomic E-state index is -0.368. The predicted octanol–water partition coefficient (Wildman–Crippen LogP) is 3.49. The summed E-state index contributed by atoms with van der Waals surface area (Å²) in [6.45, 7) is 1.59. The lowest BCUT2D eigenvalue weighted by Gasteiger charge is -2.34. The van der Waals surface area contributed by atoms with E-state index in [1.807, 2.05) is 0 Å². The van der Waals surface area contributed by atoms with Crippen LogP contribution >= 0.6 is 11.3 Å². The Morgan fingerprint density at radius 1 is 1.03 bits per heavy atom. The molecule has 30 heavy (non-hydrogen) atoms. The third-order valence-corrected chi connectivity index (χ3v) is 6.42. The van der Waals surface area contributed by atoms with Crippen LogP contribution in [0.5, 0.6) is 5.75 Å². The van der Waals surface area contributed by atoms with Crippen molar-refractivity contribution in [1.82, 2.24) is 9.80 Å². The monoisotopic (exact) mass is 428 g/mol. The normalized spacial score (nSPS) is 14.3. The topological polar surface area (TPSA) is 70.1 Å². The van der Waals surface area contributed by atoms with Gasteiger partial charge < -0.3 is 19.6 Å². The molecule has 1 aromatic heterocycles. The zero-order valence-corrected chi connectivity index (χ0v) is 17.2. The highest BCUT2D eigenvalue weighted by atomic mass is 32.1. The van der Waals surface area contributed by atoms with Gasteiger partial charge in [0.05, 0.1) is 17.0 Å². The van der Waals surface area contributed by atoms with Gasteiger partial charge >= 0.3 is 0 Å². The van der Waals surface area contributed by atoms with Gasteiger partial charge in [0.2, 0.25) is 0 Å². The number of piperazine rings is 1. The van der Waals surface area contributed by atoms with Crippen molar-refractivity contribution in [2.24, 2.45) is 0 Å². The molecule has 0 unspecified atom stereocenters. The summed E-state index contributed by atoms with van der Waals surface area (Å²) in [6, 6.07) is 11.2. The van der Waals surface area contributed by atoms with Gasteiger partial charge in [0.15, 0.2) is 0 Å². The molecule has 2 aromatic carbocycles. The summed E-state index contributed by atoms with van der Waals surface area (Å²) in [6.07, 6.45) is 0. The van der Waals surface area contributed by atoms with Crippen LogP contribution in [0.4, 0.5) is 4.39 Å². The van der Waals surface area contributed by atoms with Crippen LogP contribution < -0.4 is 0 Å². The molecule has 2 amide bonds. The van der Waals surface area contributed by atoms with Crippen LogP contribution in [0, 0.1) is 5.82 Å². The molecule has 0 saturated carbocycles. The molecule has 2 heterocycles. The number of hydrogen-bond acceptors (Lipinski definition) is 5.